The molecule has 0 spiro atoms. The lowest BCUT2D eigenvalue weighted by molar-refractivity contribution is 0.0544. The van der Waals surface area contributed by atoms with E-state index < -0.39 is 11.9 Å². The topological polar surface area (TPSA) is 87.6 Å². The van der Waals surface area contributed by atoms with Crippen LogP contribution in [0.2, 0.25) is 5.15 Å². The van der Waals surface area contributed by atoms with Crippen LogP contribution in [-0.4, -0.2) is 49.3 Å². The standard InChI is InChI=1S/C13H13ClN2O5/c1-7(19-2)5-6-8-11(14)16-10(13(18)21-4)9(15-8)12(17)20-3/h7H,1-4H3. The van der Waals surface area contributed by atoms with Gasteiger partial charge in [0.1, 0.15) is 6.10 Å². The van der Waals surface area contributed by atoms with Crippen molar-refractivity contribution in [3.05, 3.63) is 22.2 Å². The van der Waals surface area contributed by atoms with E-state index >= 15 is 0 Å². The summed E-state index contributed by atoms with van der Waals surface area (Å²) >= 11 is 5.90. The zero-order chi connectivity index (χ0) is 16.0. The molecule has 0 aliphatic heterocycles. The first-order chi connectivity index (χ1) is 9.94. The Kier molecular flexibility index (Phi) is 6.09. The van der Waals surface area contributed by atoms with Crippen molar-refractivity contribution in [2.24, 2.45) is 0 Å². The Balaban J connectivity index is 3.39. The average molecular weight is 313 g/mol. The Bertz CT molecular complexity index is 621. The summed E-state index contributed by atoms with van der Waals surface area (Å²) in [6.07, 6.45) is -0.357. The number of hydrogen-bond acceptors (Lipinski definition) is 7. The van der Waals surface area contributed by atoms with Crippen molar-refractivity contribution in [1.82, 2.24) is 9.97 Å². The Labute approximate surface area is 126 Å². The van der Waals surface area contributed by atoms with Crippen molar-refractivity contribution in [1.29, 1.82) is 0 Å². The van der Waals surface area contributed by atoms with Gasteiger partial charge in [-0.15, -0.1) is 0 Å². The Hall–Kier alpha value is -2.17. The third kappa shape index (κ3) is 4.15. The van der Waals surface area contributed by atoms with Gasteiger partial charge < -0.3 is 14.2 Å². The van der Waals surface area contributed by atoms with Gasteiger partial charge in [0.25, 0.3) is 0 Å². The summed E-state index contributed by atoms with van der Waals surface area (Å²) in [4.78, 5) is 31.0. The minimum Gasteiger partial charge on any atom is -0.464 e. The van der Waals surface area contributed by atoms with Crippen LogP contribution in [0.4, 0.5) is 0 Å². The van der Waals surface area contributed by atoms with E-state index in [-0.39, 0.29) is 28.3 Å². The molecule has 1 aromatic rings. The van der Waals surface area contributed by atoms with E-state index in [9.17, 15) is 9.59 Å². The monoisotopic (exact) mass is 312 g/mol. The number of carbonyl (C=O) groups is 2. The highest BCUT2D eigenvalue weighted by atomic mass is 35.5. The van der Waals surface area contributed by atoms with E-state index in [1.807, 2.05) is 0 Å². The zero-order valence-corrected chi connectivity index (χ0v) is 12.6. The fourth-order valence-electron chi connectivity index (χ4n) is 1.20. The molecule has 0 saturated carbocycles. The molecule has 7 nitrogen and oxygen atoms in total. The lowest BCUT2D eigenvalue weighted by Crippen LogP contribution is -2.17. The summed E-state index contributed by atoms with van der Waals surface area (Å²) < 4.78 is 14.0. The second kappa shape index (κ2) is 7.57. The molecule has 1 heterocycles. The van der Waals surface area contributed by atoms with Gasteiger partial charge in [0, 0.05) is 7.11 Å². The van der Waals surface area contributed by atoms with E-state index in [2.05, 4.69) is 31.3 Å². The molecular formula is C13H13ClN2O5. The molecule has 1 unspecified atom stereocenters. The third-order valence-electron chi connectivity index (χ3n) is 2.36. The van der Waals surface area contributed by atoms with Crippen LogP contribution in [0, 0.1) is 11.8 Å². The number of nitrogens with zero attached hydrogens (tertiary/aromatic N) is 2. The second-order valence-electron chi connectivity index (χ2n) is 3.69. The van der Waals surface area contributed by atoms with Gasteiger partial charge in [0.15, 0.2) is 22.2 Å². The van der Waals surface area contributed by atoms with Crippen molar-refractivity contribution in [3.8, 4) is 11.8 Å². The maximum absolute atomic E-state index is 11.7. The highest BCUT2D eigenvalue weighted by Crippen LogP contribution is 2.15. The van der Waals surface area contributed by atoms with Crippen LogP contribution >= 0.6 is 11.6 Å². The summed E-state index contributed by atoms with van der Waals surface area (Å²) in [7, 11) is 3.79. The van der Waals surface area contributed by atoms with Crippen molar-refractivity contribution in [3.63, 3.8) is 0 Å². The number of carbonyl (C=O) groups excluding carboxylic acids is 2. The maximum atomic E-state index is 11.7. The fraction of sp³-hybridized carbons (Fsp3) is 0.385. The third-order valence-corrected chi connectivity index (χ3v) is 2.62. The van der Waals surface area contributed by atoms with Gasteiger partial charge in [-0.25, -0.2) is 19.6 Å². The molecule has 1 atom stereocenters. The van der Waals surface area contributed by atoms with Crippen molar-refractivity contribution in [2.45, 2.75) is 13.0 Å². The van der Waals surface area contributed by atoms with E-state index in [1.165, 1.54) is 7.11 Å². The van der Waals surface area contributed by atoms with Gasteiger partial charge in [0.2, 0.25) is 0 Å². The highest BCUT2D eigenvalue weighted by molar-refractivity contribution is 6.30. The SMILES string of the molecule is COC(=O)c1nc(Cl)c(C#CC(C)OC)nc1C(=O)OC. The van der Waals surface area contributed by atoms with Gasteiger partial charge >= 0.3 is 11.9 Å². The minimum atomic E-state index is -0.852. The van der Waals surface area contributed by atoms with Crippen molar-refractivity contribution < 1.29 is 23.8 Å². The number of rotatable bonds is 3. The van der Waals surface area contributed by atoms with Crippen LogP contribution in [0.5, 0.6) is 0 Å². The summed E-state index contributed by atoms with van der Waals surface area (Å²) in [5, 5.41) is -0.126. The lowest BCUT2D eigenvalue weighted by Gasteiger charge is -2.06. The van der Waals surface area contributed by atoms with Crippen LogP contribution in [0.15, 0.2) is 0 Å². The smallest absolute Gasteiger partial charge is 0.359 e. The van der Waals surface area contributed by atoms with Crippen LogP contribution < -0.4 is 0 Å². The quantitative estimate of drug-likeness (QED) is 0.609. The molecule has 0 N–H and O–H groups in total. The molecule has 0 radical (unpaired) electrons. The van der Waals surface area contributed by atoms with Crippen LogP contribution in [0.25, 0.3) is 0 Å². The lowest BCUT2D eigenvalue weighted by atomic mass is 10.2. The van der Waals surface area contributed by atoms with Crippen LogP contribution in [0.3, 0.4) is 0 Å². The van der Waals surface area contributed by atoms with Gasteiger partial charge in [-0.1, -0.05) is 17.5 Å². The molecule has 0 aliphatic carbocycles. The molecule has 0 aliphatic rings. The Morgan fingerprint density at radius 2 is 1.62 bits per heavy atom. The van der Waals surface area contributed by atoms with Crippen LogP contribution in [0.1, 0.15) is 33.6 Å². The highest BCUT2D eigenvalue weighted by Gasteiger charge is 2.24. The van der Waals surface area contributed by atoms with Gasteiger partial charge in [-0.05, 0) is 12.8 Å². The number of aromatic nitrogens is 2. The summed E-state index contributed by atoms with van der Waals surface area (Å²) in [5.74, 6) is 3.64. The first kappa shape index (κ1) is 16.9. The minimum absolute atomic E-state index is 0.0358. The molecule has 0 amide bonds. The van der Waals surface area contributed by atoms with Gasteiger partial charge in [-0.2, -0.15) is 0 Å². The predicted octanol–water partition coefficient (Wildman–Crippen LogP) is 1.09. The molecule has 0 saturated heterocycles. The normalized spacial score (nSPS) is 11.1. The average Bonchev–Trinajstić information content (AvgIpc) is 2.51. The predicted molar refractivity (Wildman–Crippen MR) is 73.1 cm³/mol. The Morgan fingerprint density at radius 1 is 1.10 bits per heavy atom. The van der Waals surface area contributed by atoms with Gasteiger partial charge in [-0.3, -0.25) is 0 Å². The van der Waals surface area contributed by atoms with Crippen LogP contribution in [-0.2, 0) is 14.2 Å². The molecule has 0 aromatic carbocycles. The molecule has 0 fully saturated rings. The Morgan fingerprint density at radius 3 is 2.10 bits per heavy atom. The molecule has 1 rings (SSSR count). The second-order valence-corrected chi connectivity index (χ2v) is 4.05. The molecular weight excluding hydrogens is 300 g/mol. The molecule has 21 heavy (non-hydrogen) atoms. The number of ether oxygens (including phenoxy) is 3. The molecule has 1 aromatic heterocycles. The summed E-state index contributed by atoms with van der Waals surface area (Å²) in [6, 6.07) is 0. The van der Waals surface area contributed by atoms with E-state index in [0.717, 1.165) is 14.2 Å². The fourth-order valence-corrected chi connectivity index (χ4v) is 1.38. The van der Waals surface area contributed by atoms with Crippen molar-refractivity contribution >= 4 is 23.5 Å². The van der Waals surface area contributed by atoms with E-state index in [0.29, 0.717) is 0 Å². The number of methoxy groups -OCH3 is 3. The number of hydrogen-bond donors (Lipinski definition) is 0. The molecule has 0 bridgehead atoms. The van der Waals surface area contributed by atoms with Crippen molar-refractivity contribution in [2.75, 3.05) is 21.3 Å². The van der Waals surface area contributed by atoms with E-state index in [1.54, 1.807) is 6.92 Å². The largest absolute Gasteiger partial charge is 0.464 e. The maximum Gasteiger partial charge on any atom is 0.359 e. The van der Waals surface area contributed by atoms with Gasteiger partial charge in [0.05, 0.1) is 14.2 Å². The first-order valence-corrected chi connectivity index (χ1v) is 6.10. The summed E-state index contributed by atoms with van der Waals surface area (Å²) in [5.41, 5.74) is -0.614. The zero-order valence-electron chi connectivity index (χ0n) is 11.9. The van der Waals surface area contributed by atoms with E-state index in [4.69, 9.17) is 16.3 Å². The first-order valence-electron chi connectivity index (χ1n) is 5.73. The number of halogens is 1. The molecule has 112 valence electrons. The summed E-state index contributed by atoms with van der Waals surface area (Å²) in [6.45, 7) is 1.72. The number of esters is 2. The molecule has 8 heteroatoms.